The fraction of sp³-hybridized carbons (Fsp3) is 0.474. The van der Waals surface area contributed by atoms with Gasteiger partial charge in [-0.05, 0) is 24.8 Å². The number of hydrogen-bond acceptors (Lipinski definition) is 3. The number of methoxy groups -OCH3 is 1. The van der Waals surface area contributed by atoms with Crippen molar-refractivity contribution >= 4 is 0 Å². The van der Waals surface area contributed by atoms with E-state index in [2.05, 4.69) is 23.2 Å². The largest absolute Gasteiger partial charge is 0.377 e. The molecular formula is C19H22N2O2. The lowest BCUT2D eigenvalue weighted by molar-refractivity contribution is 0.177. The van der Waals surface area contributed by atoms with Crippen molar-refractivity contribution < 1.29 is 4.74 Å². The van der Waals surface area contributed by atoms with Crippen LogP contribution in [-0.4, -0.2) is 17.1 Å². The Hall–Kier alpha value is -1.94. The molecule has 23 heavy (non-hydrogen) atoms. The molecule has 1 N–H and O–H groups in total. The second-order valence-electron chi connectivity index (χ2n) is 6.84. The van der Waals surface area contributed by atoms with Gasteiger partial charge in [-0.15, -0.1) is 0 Å². The Morgan fingerprint density at radius 3 is 2.78 bits per heavy atom. The lowest BCUT2D eigenvalue weighted by Crippen LogP contribution is -2.41. The first-order valence-corrected chi connectivity index (χ1v) is 8.44. The van der Waals surface area contributed by atoms with Crippen LogP contribution in [0.5, 0.6) is 0 Å². The fourth-order valence-electron chi connectivity index (χ4n) is 4.43. The number of fused-ring (bicyclic) bond motifs is 4. The molecule has 1 aromatic heterocycles. The van der Waals surface area contributed by atoms with Crippen molar-refractivity contribution in [2.75, 3.05) is 7.11 Å². The standard InChI is InChI=1S/C19H22N2O2/c1-23-12-15-20-17-14-8-4-3-7-13(14)11-19(9-5-2-6-10-19)16(17)18(22)21-15/h3-4,7-8H,2,5-6,9-12H2,1H3,(H,20,21,22). The van der Waals surface area contributed by atoms with E-state index >= 15 is 0 Å². The normalized spacial score (nSPS) is 18.5. The van der Waals surface area contributed by atoms with Crippen LogP contribution in [0.25, 0.3) is 11.3 Å². The first-order valence-electron chi connectivity index (χ1n) is 8.44. The van der Waals surface area contributed by atoms with Crippen LogP contribution >= 0.6 is 0 Å². The number of aromatic amines is 1. The minimum Gasteiger partial charge on any atom is -0.377 e. The van der Waals surface area contributed by atoms with E-state index in [9.17, 15) is 4.79 Å². The van der Waals surface area contributed by atoms with Gasteiger partial charge in [-0.25, -0.2) is 4.98 Å². The Kier molecular flexibility index (Phi) is 3.57. The van der Waals surface area contributed by atoms with Crippen molar-refractivity contribution in [3.63, 3.8) is 0 Å². The molecule has 0 saturated heterocycles. The summed E-state index contributed by atoms with van der Waals surface area (Å²) in [4.78, 5) is 20.6. The topological polar surface area (TPSA) is 55.0 Å². The van der Waals surface area contributed by atoms with E-state index in [4.69, 9.17) is 9.72 Å². The van der Waals surface area contributed by atoms with Gasteiger partial charge < -0.3 is 9.72 Å². The highest BCUT2D eigenvalue weighted by Gasteiger charge is 2.42. The van der Waals surface area contributed by atoms with Gasteiger partial charge in [-0.3, -0.25) is 4.79 Å². The number of nitrogens with one attached hydrogen (secondary N) is 1. The van der Waals surface area contributed by atoms with E-state index in [1.165, 1.54) is 24.8 Å². The summed E-state index contributed by atoms with van der Waals surface area (Å²) in [6.07, 6.45) is 6.80. The van der Waals surface area contributed by atoms with Gasteiger partial charge in [0.2, 0.25) is 0 Å². The smallest absolute Gasteiger partial charge is 0.255 e. The van der Waals surface area contributed by atoms with Gasteiger partial charge in [-0.2, -0.15) is 0 Å². The van der Waals surface area contributed by atoms with Crippen molar-refractivity contribution in [3.05, 3.63) is 51.6 Å². The van der Waals surface area contributed by atoms with Crippen LogP contribution in [0.1, 0.15) is 49.1 Å². The fourth-order valence-corrected chi connectivity index (χ4v) is 4.43. The molecule has 0 unspecified atom stereocenters. The Labute approximate surface area is 135 Å². The van der Waals surface area contributed by atoms with Crippen LogP contribution < -0.4 is 5.56 Å². The monoisotopic (exact) mass is 310 g/mol. The Bertz CT molecular complexity index is 788. The minimum atomic E-state index is -0.0336. The highest BCUT2D eigenvalue weighted by molar-refractivity contribution is 5.71. The van der Waals surface area contributed by atoms with Crippen molar-refractivity contribution in [1.29, 1.82) is 0 Å². The van der Waals surface area contributed by atoms with Crippen LogP contribution in [0.3, 0.4) is 0 Å². The van der Waals surface area contributed by atoms with Crippen molar-refractivity contribution in [2.24, 2.45) is 0 Å². The second-order valence-corrected chi connectivity index (χ2v) is 6.84. The lowest BCUT2D eigenvalue weighted by Gasteiger charge is -2.41. The Morgan fingerprint density at radius 1 is 1.22 bits per heavy atom. The van der Waals surface area contributed by atoms with E-state index in [-0.39, 0.29) is 11.0 Å². The highest BCUT2D eigenvalue weighted by atomic mass is 16.5. The highest BCUT2D eigenvalue weighted by Crippen LogP contribution is 2.48. The molecule has 1 spiro atoms. The van der Waals surface area contributed by atoms with Crippen LogP contribution in [0.15, 0.2) is 29.1 Å². The average molecular weight is 310 g/mol. The zero-order valence-corrected chi connectivity index (χ0v) is 13.5. The molecule has 4 heteroatoms. The summed E-state index contributed by atoms with van der Waals surface area (Å²) in [6.45, 7) is 0.331. The third-order valence-corrected chi connectivity index (χ3v) is 5.39. The quantitative estimate of drug-likeness (QED) is 0.925. The van der Waals surface area contributed by atoms with Crippen LogP contribution in [-0.2, 0) is 23.2 Å². The molecule has 0 bridgehead atoms. The maximum Gasteiger partial charge on any atom is 0.255 e. The second kappa shape index (κ2) is 5.60. The molecule has 120 valence electrons. The van der Waals surface area contributed by atoms with Gasteiger partial charge in [0, 0.05) is 18.1 Å². The molecule has 4 rings (SSSR count). The van der Waals surface area contributed by atoms with Gasteiger partial charge >= 0.3 is 0 Å². The zero-order chi connectivity index (χ0) is 15.9. The number of nitrogens with zero attached hydrogens (tertiary/aromatic N) is 1. The number of rotatable bonds is 2. The summed E-state index contributed by atoms with van der Waals surface area (Å²) in [6, 6.07) is 8.39. The molecule has 2 aliphatic rings. The van der Waals surface area contributed by atoms with E-state index in [1.807, 2.05) is 6.07 Å². The number of aromatic nitrogens is 2. The molecule has 1 aromatic carbocycles. The van der Waals surface area contributed by atoms with Gasteiger partial charge in [0.05, 0.1) is 11.3 Å². The number of benzene rings is 1. The molecule has 0 aliphatic heterocycles. The summed E-state index contributed by atoms with van der Waals surface area (Å²) in [5, 5.41) is 0. The van der Waals surface area contributed by atoms with Crippen molar-refractivity contribution in [2.45, 2.75) is 50.5 Å². The van der Waals surface area contributed by atoms with Gasteiger partial charge in [0.25, 0.3) is 5.56 Å². The lowest BCUT2D eigenvalue weighted by atomic mass is 9.62. The van der Waals surface area contributed by atoms with Crippen molar-refractivity contribution in [3.8, 4) is 11.3 Å². The summed E-state index contributed by atoms with van der Waals surface area (Å²) >= 11 is 0. The van der Waals surface area contributed by atoms with Crippen molar-refractivity contribution in [1.82, 2.24) is 9.97 Å². The molecule has 2 aliphatic carbocycles. The van der Waals surface area contributed by atoms with E-state index < -0.39 is 0 Å². The Balaban J connectivity index is 1.97. The maximum atomic E-state index is 12.9. The molecule has 1 fully saturated rings. The summed E-state index contributed by atoms with van der Waals surface area (Å²) < 4.78 is 5.17. The van der Waals surface area contributed by atoms with Crippen LogP contribution in [0.2, 0.25) is 0 Å². The number of hydrogen-bond donors (Lipinski definition) is 1. The molecule has 0 atom stereocenters. The summed E-state index contributed by atoms with van der Waals surface area (Å²) in [5.74, 6) is 0.610. The first-order chi connectivity index (χ1) is 11.2. The van der Waals surface area contributed by atoms with Gasteiger partial charge in [0.15, 0.2) is 0 Å². The maximum absolute atomic E-state index is 12.9. The van der Waals surface area contributed by atoms with Crippen LogP contribution in [0.4, 0.5) is 0 Å². The SMILES string of the molecule is COCc1nc2c(c(=O)[nH]1)C1(CCCCC1)Cc1ccccc1-2. The third kappa shape index (κ3) is 2.32. The van der Waals surface area contributed by atoms with Gasteiger partial charge in [-0.1, -0.05) is 43.5 Å². The first kappa shape index (κ1) is 14.6. The molecule has 2 aromatic rings. The zero-order valence-electron chi connectivity index (χ0n) is 13.5. The van der Waals surface area contributed by atoms with E-state index in [1.54, 1.807) is 7.11 Å². The predicted molar refractivity (Wildman–Crippen MR) is 89.5 cm³/mol. The van der Waals surface area contributed by atoms with Crippen LogP contribution in [0, 0.1) is 0 Å². The van der Waals surface area contributed by atoms with E-state index in [0.29, 0.717) is 12.4 Å². The summed E-state index contributed by atoms with van der Waals surface area (Å²) in [7, 11) is 1.62. The number of H-pyrrole nitrogens is 1. The summed E-state index contributed by atoms with van der Waals surface area (Å²) in [5.41, 5.74) is 4.22. The Morgan fingerprint density at radius 2 is 2.00 bits per heavy atom. The molecule has 4 nitrogen and oxygen atoms in total. The molecule has 0 amide bonds. The molecule has 0 radical (unpaired) electrons. The average Bonchev–Trinajstić information content (AvgIpc) is 2.55. The predicted octanol–water partition coefficient (Wildman–Crippen LogP) is 3.34. The van der Waals surface area contributed by atoms with Gasteiger partial charge in [0.1, 0.15) is 12.4 Å². The third-order valence-electron chi connectivity index (χ3n) is 5.39. The molecular weight excluding hydrogens is 288 g/mol. The van der Waals surface area contributed by atoms with E-state index in [0.717, 1.165) is 36.1 Å². The molecule has 1 saturated carbocycles. The molecule has 1 heterocycles. The minimum absolute atomic E-state index is 0.0263. The number of ether oxygens (including phenoxy) is 1.